The number of fused-ring (bicyclic) bond motifs is 1. The SMILES string of the molecule is CCc1ncc(C(=O)ONC(=O)C[C@H]2O[C@H](c3cccc(OC)c3OC)c3cc(Cl)ccc3N(CC(C)(C)COC(C)=O)C2=O)s1. The first kappa shape index (κ1) is 34.7. The van der Waals surface area contributed by atoms with E-state index in [1.807, 2.05) is 20.8 Å². The van der Waals surface area contributed by atoms with Crippen molar-refractivity contribution in [3.05, 3.63) is 68.6 Å². The van der Waals surface area contributed by atoms with Crippen molar-refractivity contribution in [2.45, 2.75) is 52.7 Å². The third-order valence-corrected chi connectivity index (χ3v) is 8.42. The summed E-state index contributed by atoms with van der Waals surface area (Å²) in [5.41, 5.74) is 2.96. The minimum absolute atomic E-state index is 0.0292. The third kappa shape index (κ3) is 8.14. The quantitative estimate of drug-likeness (QED) is 0.217. The average molecular weight is 674 g/mol. The van der Waals surface area contributed by atoms with Crippen LogP contribution in [-0.4, -0.2) is 62.2 Å². The number of benzene rings is 2. The second-order valence-electron chi connectivity index (χ2n) is 11.3. The van der Waals surface area contributed by atoms with Crippen LogP contribution >= 0.6 is 22.9 Å². The number of hydrogen-bond donors (Lipinski definition) is 1. The fourth-order valence-electron chi connectivity index (χ4n) is 4.93. The molecular formula is C32H36ClN3O9S. The van der Waals surface area contributed by atoms with Gasteiger partial charge < -0.3 is 28.7 Å². The molecule has 0 bridgehead atoms. The van der Waals surface area contributed by atoms with Gasteiger partial charge in [-0.05, 0) is 30.7 Å². The summed E-state index contributed by atoms with van der Waals surface area (Å²) >= 11 is 7.64. The molecule has 46 heavy (non-hydrogen) atoms. The Morgan fingerprint density at radius 1 is 1.13 bits per heavy atom. The number of carbonyl (C=O) groups is 4. The number of nitrogens with one attached hydrogen (secondary N) is 1. The molecule has 0 aliphatic carbocycles. The molecule has 2 atom stereocenters. The molecule has 0 fully saturated rings. The van der Waals surface area contributed by atoms with Gasteiger partial charge in [-0.15, -0.1) is 11.3 Å². The summed E-state index contributed by atoms with van der Waals surface area (Å²) < 4.78 is 23.0. The topological polar surface area (TPSA) is 143 Å². The number of amides is 2. The lowest BCUT2D eigenvalue weighted by atomic mass is 9.92. The number of hydrogen-bond acceptors (Lipinski definition) is 11. The largest absolute Gasteiger partial charge is 0.493 e. The summed E-state index contributed by atoms with van der Waals surface area (Å²) in [5, 5.41) is 1.13. The maximum absolute atomic E-state index is 14.3. The van der Waals surface area contributed by atoms with Gasteiger partial charge in [0.05, 0.1) is 38.5 Å². The van der Waals surface area contributed by atoms with Gasteiger partial charge in [0, 0.05) is 40.7 Å². The van der Waals surface area contributed by atoms with E-state index in [2.05, 4.69) is 10.5 Å². The van der Waals surface area contributed by atoms with Gasteiger partial charge in [-0.2, -0.15) is 5.48 Å². The maximum Gasteiger partial charge on any atom is 0.374 e. The fraction of sp³-hybridized carbons (Fsp3) is 0.406. The van der Waals surface area contributed by atoms with E-state index in [4.69, 9.17) is 35.4 Å². The highest BCUT2D eigenvalue weighted by Gasteiger charge is 2.41. The number of halogens is 1. The minimum Gasteiger partial charge on any atom is -0.493 e. The zero-order chi connectivity index (χ0) is 33.6. The molecule has 1 aliphatic heterocycles. The Labute approximate surface area is 275 Å². The highest BCUT2D eigenvalue weighted by Crippen LogP contribution is 2.45. The smallest absolute Gasteiger partial charge is 0.374 e. The van der Waals surface area contributed by atoms with Crippen LogP contribution in [0.15, 0.2) is 42.6 Å². The Morgan fingerprint density at radius 2 is 1.89 bits per heavy atom. The van der Waals surface area contributed by atoms with Gasteiger partial charge in [-0.1, -0.05) is 44.5 Å². The van der Waals surface area contributed by atoms with Crippen molar-refractivity contribution in [3.8, 4) is 11.5 Å². The molecular weight excluding hydrogens is 638 g/mol. The average Bonchev–Trinajstić information content (AvgIpc) is 3.49. The van der Waals surface area contributed by atoms with E-state index in [1.165, 1.54) is 32.2 Å². The van der Waals surface area contributed by atoms with Crippen LogP contribution in [0, 0.1) is 5.41 Å². The number of aromatic nitrogens is 1. The van der Waals surface area contributed by atoms with E-state index in [1.54, 1.807) is 36.4 Å². The number of rotatable bonds is 11. The van der Waals surface area contributed by atoms with Gasteiger partial charge in [0.1, 0.15) is 17.1 Å². The molecule has 3 aromatic rings. The Morgan fingerprint density at radius 3 is 2.54 bits per heavy atom. The van der Waals surface area contributed by atoms with Gasteiger partial charge in [-0.3, -0.25) is 14.4 Å². The molecule has 246 valence electrons. The summed E-state index contributed by atoms with van der Waals surface area (Å²) in [6, 6.07) is 10.3. The number of nitrogens with zero attached hydrogens (tertiary/aromatic N) is 2. The molecule has 0 radical (unpaired) electrons. The van der Waals surface area contributed by atoms with E-state index in [-0.39, 0.29) is 18.0 Å². The summed E-state index contributed by atoms with van der Waals surface area (Å²) in [4.78, 5) is 62.4. The lowest BCUT2D eigenvalue weighted by molar-refractivity contribution is -0.144. The molecule has 4 rings (SSSR count). The number of para-hydroxylation sites is 1. The van der Waals surface area contributed by atoms with Crippen molar-refractivity contribution in [1.29, 1.82) is 0 Å². The van der Waals surface area contributed by atoms with E-state index in [0.29, 0.717) is 39.8 Å². The monoisotopic (exact) mass is 673 g/mol. The summed E-state index contributed by atoms with van der Waals surface area (Å²) in [6.07, 6.45) is -0.785. The van der Waals surface area contributed by atoms with E-state index >= 15 is 0 Å². The van der Waals surface area contributed by atoms with Gasteiger partial charge in [0.2, 0.25) is 0 Å². The molecule has 12 nitrogen and oxygen atoms in total. The standard InChI is InChI=1S/C32H36ClN3O9S/c1-7-27-34-15-25(46-27)31(40)45-35-26(38)14-24-30(39)36(16-32(3,4)17-43-18(2)37)22-12-11-19(33)13-21(22)28(44-24)20-9-8-10-23(41-5)29(20)42-6/h8-13,15,24,28H,7,14,16-17H2,1-6H3,(H,35,38)/t24-,28-/m1/s1. The predicted molar refractivity (Wildman–Crippen MR) is 170 cm³/mol. The van der Waals surface area contributed by atoms with Crippen LogP contribution < -0.4 is 19.9 Å². The molecule has 1 N–H and O–H groups in total. The molecule has 0 spiro atoms. The number of methoxy groups -OCH3 is 2. The van der Waals surface area contributed by atoms with Gasteiger partial charge in [0.15, 0.2) is 11.5 Å². The highest BCUT2D eigenvalue weighted by molar-refractivity contribution is 7.13. The number of thiazole rings is 1. The van der Waals surface area contributed by atoms with E-state index < -0.39 is 47.8 Å². The van der Waals surface area contributed by atoms with Crippen LogP contribution in [-0.2, 0) is 35.1 Å². The molecule has 2 aromatic carbocycles. The number of hydroxylamine groups is 1. The Bertz CT molecular complexity index is 1610. The van der Waals surface area contributed by atoms with Crippen molar-refractivity contribution >= 4 is 52.4 Å². The Hall–Kier alpha value is -4.20. The molecule has 2 amide bonds. The lowest BCUT2D eigenvalue weighted by Gasteiger charge is -2.33. The Balaban J connectivity index is 1.72. The van der Waals surface area contributed by atoms with E-state index in [9.17, 15) is 19.2 Å². The summed E-state index contributed by atoms with van der Waals surface area (Å²) in [7, 11) is 2.98. The molecule has 0 saturated heterocycles. The molecule has 1 aromatic heterocycles. The number of aryl methyl sites for hydroxylation is 1. The second-order valence-corrected chi connectivity index (χ2v) is 12.8. The predicted octanol–water partition coefficient (Wildman–Crippen LogP) is 5.06. The van der Waals surface area contributed by atoms with Crippen molar-refractivity contribution in [3.63, 3.8) is 0 Å². The Kier molecular flexibility index (Phi) is 11.3. The number of esters is 1. The van der Waals surface area contributed by atoms with Crippen molar-refractivity contribution in [2.75, 3.05) is 32.3 Å². The van der Waals surface area contributed by atoms with Crippen LogP contribution in [0.2, 0.25) is 5.02 Å². The van der Waals surface area contributed by atoms with Crippen molar-refractivity contribution in [2.24, 2.45) is 5.41 Å². The molecule has 0 saturated carbocycles. The fourth-order valence-corrected chi connectivity index (χ4v) is 5.84. The summed E-state index contributed by atoms with van der Waals surface area (Å²) in [6.45, 7) is 7.03. The van der Waals surface area contributed by atoms with Crippen LogP contribution in [0.1, 0.15) is 66.0 Å². The van der Waals surface area contributed by atoms with Crippen LogP contribution in [0.3, 0.4) is 0 Å². The van der Waals surface area contributed by atoms with Crippen LogP contribution in [0.4, 0.5) is 5.69 Å². The van der Waals surface area contributed by atoms with Gasteiger partial charge >= 0.3 is 11.9 Å². The first-order valence-electron chi connectivity index (χ1n) is 14.4. The zero-order valence-electron chi connectivity index (χ0n) is 26.4. The van der Waals surface area contributed by atoms with E-state index in [0.717, 1.165) is 16.3 Å². The maximum atomic E-state index is 14.3. The first-order chi connectivity index (χ1) is 21.9. The molecule has 2 heterocycles. The zero-order valence-corrected chi connectivity index (χ0v) is 28.0. The van der Waals surface area contributed by atoms with Gasteiger partial charge in [-0.25, -0.2) is 9.78 Å². The normalized spacial score (nSPS) is 16.2. The third-order valence-electron chi connectivity index (χ3n) is 7.06. The van der Waals surface area contributed by atoms with Crippen LogP contribution in [0.5, 0.6) is 11.5 Å². The van der Waals surface area contributed by atoms with Crippen molar-refractivity contribution < 1.29 is 43.0 Å². The number of carbonyl (C=O) groups excluding carboxylic acids is 4. The molecule has 0 unspecified atom stereocenters. The molecule has 14 heteroatoms. The van der Waals surface area contributed by atoms with Gasteiger partial charge in [0.25, 0.3) is 11.8 Å². The number of ether oxygens (including phenoxy) is 4. The number of anilines is 1. The molecule has 1 aliphatic rings. The lowest BCUT2D eigenvalue weighted by Crippen LogP contribution is -2.47. The minimum atomic E-state index is -1.36. The summed E-state index contributed by atoms with van der Waals surface area (Å²) in [5.74, 6) is -1.76. The first-order valence-corrected chi connectivity index (χ1v) is 15.6. The van der Waals surface area contributed by atoms with Crippen molar-refractivity contribution in [1.82, 2.24) is 10.5 Å². The highest BCUT2D eigenvalue weighted by atomic mass is 35.5. The van der Waals surface area contributed by atoms with Crippen LogP contribution in [0.25, 0.3) is 0 Å². The second kappa shape index (κ2) is 14.9.